The average Bonchev–Trinajstić information content (AvgIpc) is 3.45. The Morgan fingerprint density at radius 3 is 2.30 bits per heavy atom. The fourth-order valence-electron chi connectivity index (χ4n) is 6.63. The van der Waals surface area contributed by atoms with Crippen LogP contribution in [0.4, 0.5) is 4.39 Å². The molecule has 5 saturated carbocycles. The van der Waals surface area contributed by atoms with Crippen LogP contribution in [0.25, 0.3) is 0 Å². The van der Waals surface area contributed by atoms with Crippen LogP contribution in [0.15, 0.2) is 24.3 Å². The molecule has 1 N–H and O–H groups in total. The smallest absolute Gasteiger partial charge is 0.234 e. The van der Waals surface area contributed by atoms with E-state index in [4.69, 9.17) is 0 Å². The Morgan fingerprint density at radius 2 is 1.70 bits per heavy atom. The normalized spacial score (nSPS) is 34.2. The van der Waals surface area contributed by atoms with Gasteiger partial charge in [0.1, 0.15) is 5.82 Å². The average molecular weight is 371 g/mol. The maximum atomic E-state index is 14.0. The predicted octanol–water partition coefficient (Wildman–Crippen LogP) is 4.12. The van der Waals surface area contributed by atoms with Gasteiger partial charge >= 0.3 is 0 Å². The van der Waals surface area contributed by atoms with Gasteiger partial charge in [-0.15, -0.1) is 0 Å². The molecule has 5 aliphatic carbocycles. The predicted molar refractivity (Wildman–Crippen MR) is 103 cm³/mol. The van der Waals surface area contributed by atoms with E-state index in [2.05, 4.69) is 10.2 Å². The highest BCUT2D eigenvalue weighted by molar-refractivity contribution is 5.78. The molecule has 0 saturated heterocycles. The molecular formula is C23H31FN2O. The summed E-state index contributed by atoms with van der Waals surface area (Å²) in [5.74, 6) is 2.69. The number of nitrogens with one attached hydrogen (secondary N) is 1. The van der Waals surface area contributed by atoms with Crippen LogP contribution in [-0.2, 0) is 11.3 Å². The van der Waals surface area contributed by atoms with Gasteiger partial charge in [0.05, 0.1) is 6.54 Å². The second-order valence-corrected chi connectivity index (χ2v) is 9.92. The van der Waals surface area contributed by atoms with Gasteiger partial charge in [-0.2, -0.15) is 0 Å². The van der Waals surface area contributed by atoms with Crippen LogP contribution in [0.1, 0.15) is 56.9 Å². The molecule has 0 aromatic heterocycles. The molecule has 5 aliphatic rings. The van der Waals surface area contributed by atoms with Crippen molar-refractivity contribution in [2.75, 3.05) is 13.1 Å². The first-order valence-corrected chi connectivity index (χ1v) is 10.8. The number of benzene rings is 1. The Labute approximate surface area is 161 Å². The van der Waals surface area contributed by atoms with Crippen LogP contribution in [0.2, 0.25) is 0 Å². The van der Waals surface area contributed by atoms with Gasteiger partial charge in [0.15, 0.2) is 0 Å². The zero-order valence-corrected chi connectivity index (χ0v) is 16.1. The number of nitrogens with zero attached hydrogens (tertiary/aromatic N) is 1. The highest BCUT2D eigenvalue weighted by Gasteiger charge is 2.50. The third-order valence-corrected chi connectivity index (χ3v) is 7.57. The van der Waals surface area contributed by atoms with Crippen LogP contribution in [0, 0.1) is 29.0 Å². The largest absolute Gasteiger partial charge is 0.354 e. The second kappa shape index (κ2) is 6.88. The van der Waals surface area contributed by atoms with Crippen LogP contribution in [-0.4, -0.2) is 29.9 Å². The molecule has 1 aromatic carbocycles. The van der Waals surface area contributed by atoms with E-state index in [9.17, 15) is 9.18 Å². The van der Waals surface area contributed by atoms with Gasteiger partial charge in [-0.3, -0.25) is 9.69 Å². The SMILES string of the molecule is O=C(CN(Cc1ccccc1F)C1CC1)NCC12CC3CC(CC(C3)C1)C2. The fraction of sp³-hybridized carbons (Fsp3) is 0.696. The number of amides is 1. The number of rotatable bonds is 7. The summed E-state index contributed by atoms with van der Waals surface area (Å²) >= 11 is 0. The van der Waals surface area contributed by atoms with Crippen LogP contribution < -0.4 is 5.32 Å². The molecule has 6 rings (SSSR count). The fourth-order valence-corrected chi connectivity index (χ4v) is 6.63. The van der Waals surface area contributed by atoms with Crippen LogP contribution >= 0.6 is 0 Å². The van der Waals surface area contributed by atoms with E-state index < -0.39 is 0 Å². The topological polar surface area (TPSA) is 32.3 Å². The summed E-state index contributed by atoms with van der Waals surface area (Å²) in [4.78, 5) is 14.9. The molecule has 4 bridgehead atoms. The number of carbonyl (C=O) groups excluding carboxylic acids is 1. The van der Waals surface area contributed by atoms with E-state index in [1.807, 2.05) is 12.1 Å². The Balaban J connectivity index is 1.18. The van der Waals surface area contributed by atoms with Gasteiger partial charge in [-0.05, 0) is 80.6 Å². The van der Waals surface area contributed by atoms with Gasteiger partial charge in [0.2, 0.25) is 5.91 Å². The van der Waals surface area contributed by atoms with E-state index >= 15 is 0 Å². The number of hydrogen-bond donors (Lipinski definition) is 1. The highest BCUT2D eigenvalue weighted by atomic mass is 19.1. The van der Waals surface area contributed by atoms with Crippen LogP contribution in [0.3, 0.4) is 0 Å². The summed E-state index contributed by atoms with van der Waals surface area (Å²) in [5, 5.41) is 3.28. The van der Waals surface area contributed by atoms with Gasteiger partial charge in [-0.25, -0.2) is 4.39 Å². The maximum Gasteiger partial charge on any atom is 0.234 e. The number of halogens is 1. The van der Waals surface area contributed by atoms with Crippen LogP contribution in [0.5, 0.6) is 0 Å². The Bertz CT molecular complexity index is 679. The molecule has 146 valence electrons. The minimum Gasteiger partial charge on any atom is -0.354 e. The minimum absolute atomic E-state index is 0.119. The van der Waals surface area contributed by atoms with Gasteiger partial charge in [-0.1, -0.05) is 18.2 Å². The molecule has 0 aliphatic heterocycles. The highest BCUT2D eigenvalue weighted by Crippen LogP contribution is 2.59. The van der Waals surface area contributed by atoms with E-state index in [1.54, 1.807) is 6.07 Å². The lowest BCUT2D eigenvalue weighted by Gasteiger charge is -2.56. The summed E-state index contributed by atoms with van der Waals surface area (Å²) in [6.45, 7) is 1.78. The van der Waals surface area contributed by atoms with Crippen molar-refractivity contribution >= 4 is 5.91 Å². The summed E-state index contributed by atoms with van der Waals surface area (Å²) in [6.07, 6.45) is 10.5. The van der Waals surface area contributed by atoms with Gasteiger partial charge < -0.3 is 5.32 Å². The van der Waals surface area contributed by atoms with Crippen molar-refractivity contribution in [1.29, 1.82) is 0 Å². The second-order valence-electron chi connectivity index (χ2n) is 9.92. The lowest BCUT2D eigenvalue weighted by atomic mass is 9.49. The Hall–Kier alpha value is -1.42. The molecule has 1 aromatic rings. The molecular weight excluding hydrogens is 339 g/mol. The molecule has 0 unspecified atom stereocenters. The molecule has 0 radical (unpaired) electrons. The maximum absolute atomic E-state index is 14.0. The third kappa shape index (κ3) is 3.78. The lowest BCUT2D eigenvalue weighted by Crippen LogP contribution is -2.52. The van der Waals surface area contributed by atoms with Crippen molar-refractivity contribution < 1.29 is 9.18 Å². The van der Waals surface area contributed by atoms with Crippen molar-refractivity contribution in [3.63, 3.8) is 0 Å². The monoisotopic (exact) mass is 370 g/mol. The molecule has 0 atom stereocenters. The first-order valence-electron chi connectivity index (χ1n) is 10.8. The molecule has 4 heteroatoms. The van der Waals surface area contributed by atoms with Crippen molar-refractivity contribution in [3.05, 3.63) is 35.6 Å². The first-order chi connectivity index (χ1) is 13.1. The third-order valence-electron chi connectivity index (χ3n) is 7.57. The summed E-state index contributed by atoms with van der Waals surface area (Å²) in [7, 11) is 0. The summed E-state index contributed by atoms with van der Waals surface area (Å²) < 4.78 is 14.0. The summed E-state index contributed by atoms with van der Waals surface area (Å²) in [5.41, 5.74) is 1.07. The van der Waals surface area contributed by atoms with E-state index in [0.717, 1.165) is 37.1 Å². The van der Waals surface area contributed by atoms with E-state index in [1.165, 1.54) is 44.6 Å². The van der Waals surface area contributed by atoms with Gasteiger partial charge in [0.25, 0.3) is 0 Å². The molecule has 27 heavy (non-hydrogen) atoms. The molecule has 5 fully saturated rings. The molecule has 3 nitrogen and oxygen atoms in total. The van der Waals surface area contributed by atoms with Crippen molar-refractivity contribution in [1.82, 2.24) is 10.2 Å². The molecule has 1 amide bonds. The first kappa shape index (κ1) is 17.7. The number of hydrogen-bond acceptors (Lipinski definition) is 2. The Kier molecular flexibility index (Phi) is 4.50. The van der Waals surface area contributed by atoms with Gasteiger partial charge in [0, 0.05) is 24.7 Å². The quantitative estimate of drug-likeness (QED) is 0.783. The molecule has 0 spiro atoms. The van der Waals surface area contributed by atoms with Crippen molar-refractivity contribution in [3.8, 4) is 0 Å². The zero-order chi connectivity index (χ0) is 18.4. The van der Waals surface area contributed by atoms with E-state index in [-0.39, 0.29) is 11.7 Å². The standard InChI is InChI=1S/C23H31FN2O/c24-21-4-2-1-3-19(21)13-26(20-5-6-20)14-22(27)25-15-23-10-16-7-17(11-23)9-18(8-16)12-23/h1-4,16-18,20H,5-15H2,(H,25,27). The minimum atomic E-state index is -0.169. The lowest BCUT2D eigenvalue weighted by molar-refractivity contribution is -0.124. The van der Waals surface area contributed by atoms with E-state index in [0.29, 0.717) is 30.1 Å². The zero-order valence-electron chi connectivity index (χ0n) is 16.1. The number of carbonyl (C=O) groups is 1. The molecule has 0 heterocycles. The Morgan fingerprint density at radius 1 is 1.07 bits per heavy atom. The summed E-state index contributed by atoms with van der Waals surface area (Å²) in [6, 6.07) is 7.37. The van der Waals surface area contributed by atoms with Crippen molar-refractivity contribution in [2.45, 2.75) is 64.0 Å². The van der Waals surface area contributed by atoms with Crippen molar-refractivity contribution in [2.24, 2.45) is 23.2 Å².